The second kappa shape index (κ2) is 8.79. The van der Waals surface area contributed by atoms with E-state index >= 15 is 0 Å². The first-order valence-electron chi connectivity index (χ1n) is 8.70. The first-order valence-corrected chi connectivity index (χ1v) is 9.08. The standard InChI is InChI=1S/C21H17ClN2O6/c1-12(2)11-29-19-9-13(4-7-18(19)28-3)8-16-21(25)30-20(23-16)14-5-6-15(22)17(10-14)24(26)27/h4-10H,1,11H2,2-3H3/b16-8-. The summed E-state index contributed by atoms with van der Waals surface area (Å²) in [7, 11) is 1.53. The Hall–Kier alpha value is -3.65. The number of ether oxygens (including phenoxy) is 3. The quantitative estimate of drug-likeness (QED) is 0.211. The van der Waals surface area contributed by atoms with E-state index in [-0.39, 0.29) is 27.9 Å². The molecule has 0 N–H and O–H groups in total. The molecule has 0 amide bonds. The van der Waals surface area contributed by atoms with Gasteiger partial charge in [0, 0.05) is 11.6 Å². The summed E-state index contributed by atoms with van der Waals surface area (Å²) in [5.74, 6) is 0.296. The normalized spacial score (nSPS) is 14.3. The number of benzene rings is 2. The number of nitro groups is 1. The van der Waals surface area contributed by atoms with Crippen LogP contribution in [0.5, 0.6) is 11.5 Å². The summed E-state index contributed by atoms with van der Waals surface area (Å²) in [4.78, 5) is 26.9. The van der Waals surface area contributed by atoms with Crippen LogP contribution < -0.4 is 9.47 Å². The van der Waals surface area contributed by atoms with Gasteiger partial charge in [-0.1, -0.05) is 24.2 Å². The number of carbonyl (C=O) groups is 1. The van der Waals surface area contributed by atoms with Crippen LogP contribution in [0, 0.1) is 10.1 Å². The summed E-state index contributed by atoms with van der Waals surface area (Å²) in [6.07, 6.45) is 1.52. The van der Waals surface area contributed by atoms with Crippen LogP contribution in [0.25, 0.3) is 6.08 Å². The van der Waals surface area contributed by atoms with Crippen LogP contribution in [0.15, 0.2) is 59.2 Å². The van der Waals surface area contributed by atoms with Crippen LogP contribution in [0.2, 0.25) is 5.02 Å². The lowest BCUT2D eigenvalue weighted by molar-refractivity contribution is -0.384. The van der Waals surface area contributed by atoms with Crippen molar-refractivity contribution in [2.24, 2.45) is 4.99 Å². The van der Waals surface area contributed by atoms with E-state index < -0.39 is 10.9 Å². The Balaban J connectivity index is 1.92. The average molecular weight is 429 g/mol. The lowest BCUT2D eigenvalue weighted by atomic mass is 10.1. The number of hydrogen-bond donors (Lipinski definition) is 0. The SMILES string of the molecule is C=C(C)COc1cc(/C=C2\N=C(c3ccc(Cl)c([N+](=O)[O-])c3)OC2=O)ccc1OC. The molecule has 8 nitrogen and oxygen atoms in total. The Morgan fingerprint density at radius 2 is 2.07 bits per heavy atom. The molecule has 154 valence electrons. The van der Waals surface area contributed by atoms with Gasteiger partial charge in [-0.25, -0.2) is 9.79 Å². The van der Waals surface area contributed by atoms with Crippen LogP contribution in [0.1, 0.15) is 18.1 Å². The molecule has 0 saturated carbocycles. The van der Waals surface area contributed by atoms with Crippen molar-refractivity contribution in [3.05, 3.63) is 80.5 Å². The lowest BCUT2D eigenvalue weighted by Gasteiger charge is -2.11. The molecule has 3 rings (SSSR count). The highest BCUT2D eigenvalue weighted by Crippen LogP contribution is 2.31. The molecule has 0 aliphatic carbocycles. The fraction of sp³-hybridized carbons (Fsp3) is 0.143. The third-order valence-corrected chi connectivity index (χ3v) is 4.30. The predicted octanol–water partition coefficient (Wildman–Crippen LogP) is 4.56. The van der Waals surface area contributed by atoms with Crippen LogP contribution in [-0.4, -0.2) is 30.5 Å². The zero-order valence-corrected chi connectivity index (χ0v) is 16.9. The molecular weight excluding hydrogens is 412 g/mol. The van der Waals surface area contributed by atoms with E-state index in [0.29, 0.717) is 23.7 Å². The van der Waals surface area contributed by atoms with E-state index in [1.165, 1.54) is 31.4 Å². The molecule has 1 aliphatic heterocycles. The molecular formula is C21H17ClN2O6. The third-order valence-electron chi connectivity index (χ3n) is 3.98. The fourth-order valence-corrected chi connectivity index (χ4v) is 2.76. The summed E-state index contributed by atoms with van der Waals surface area (Å²) in [6.45, 7) is 5.95. The van der Waals surface area contributed by atoms with Crippen molar-refractivity contribution < 1.29 is 23.9 Å². The van der Waals surface area contributed by atoms with Crippen molar-refractivity contribution in [2.75, 3.05) is 13.7 Å². The van der Waals surface area contributed by atoms with Gasteiger partial charge in [0.25, 0.3) is 5.69 Å². The summed E-state index contributed by atoms with van der Waals surface area (Å²) in [6, 6.07) is 9.17. The molecule has 1 heterocycles. The van der Waals surface area contributed by atoms with Gasteiger partial charge < -0.3 is 14.2 Å². The second-order valence-corrected chi connectivity index (χ2v) is 6.82. The number of nitro benzene ring substituents is 1. The zero-order chi connectivity index (χ0) is 21.8. The molecule has 0 fully saturated rings. The maximum atomic E-state index is 12.2. The van der Waals surface area contributed by atoms with Gasteiger partial charge in [-0.2, -0.15) is 0 Å². The Bertz CT molecular complexity index is 1110. The van der Waals surface area contributed by atoms with Gasteiger partial charge in [0.05, 0.1) is 12.0 Å². The number of carbonyl (C=O) groups excluding carboxylic acids is 1. The summed E-state index contributed by atoms with van der Waals surface area (Å²) < 4.78 is 16.1. The maximum absolute atomic E-state index is 12.2. The highest BCUT2D eigenvalue weighted by Gasteiger charge is 2.26. The highest BCUT2D eigenvalue weighted by atomic mass is 35.5. The lowest BCUT2D eigenvalue weighted by Crippen LogP contribution is -2.06. The van der Waals surface area contributed by atoms with Crippen molar-refractivity contribution in [3.8, 4) is 11.5 Å². The van der Waals surface area contributed by atoms with Crippen molar-refractivity contribution in [1.82, 2.24) is 0 Å². The monoisotopic (exact) mass is 428 g/mol. The van der Waals surface area contributed by atoms with Gasteiger partial charge in [-0.15, -0.1) is 0 Å². The molecule has 0 spiro atoms. The minimum Gasteiger partial charge on any atom is -0.493 e. The number of nitrogens with zero attached hydrogens (tertiary/aromatic N) is 2. The first kappa shape index (κ1) is 21.1. The van der Waals surface area contributed by atoms with Crippen LogP contribution in [-0.2, 0) is 9.53 Å². The Morgan fingerprint density at radius 1 is 1.30 bits per heavy atom. The van der Waals surface area contributed by atoms with E-state index in [9.17, 15) is 14.9 Å². The molecule has 0 unspecified atom stereocenters. The van der Waals surface area contributed by atoms with Crippen molar-refractivity contribution in [2.45, 2.75) is 6.92 Å². The Kier molecular flexibility index (Phi) is 6.17. The van der Waals surface area contributed by atoms with Gasteiger partial charge >= 0.3 is 5.97 Å². The Morgan fingerprint density at radius 3 is 2.73 bits per heavy atom. The van der Waals surface area contributed by atoms with Gasteiger partial charge in [-0.05, 0) is 48.4 Å². The van der Waals surface area contributed by atoms with Crippen molar-refractivity contribution >= 4 is 35.2 Å². The van der Waals surface area contributed by atoms with Gasteiger partial charge in [0.2, 0.25) is 5.90 Å². The number of halogens is 1. The minimum atomic E-state index is -0.678. The molecule has 0 radical (unpaired) electrons. The smallest absolute Gasteiger partial charge is 0.363 e. The molecule has 2 aromatic rings. The van der Waals surface area contributed by atoms with E-state index in [1.54, 1.807) is 18.2 Å². The molecule has 30 heavy (non-hydrogen) atoms. The second-order valence-electron chi connectivity index (χ2n) is 6.42. The average Bonchev–Trinajstić information content (AvgIpc) is 3.07. The van der Waals surface area contributed by atoms with E-state index in [2.05, 4.69) is 11.6 Å². The van der Waals surface area contributed by atoms with Crippen molar-refractivity contribution in [1.29, 1.82) is 0 Å². The molecule has 0 atom stereocenters. The zero-order valence-electron chi connectivity index (χ0n) is 16.2. The van der Waals surface area contributed by atoms with Crippen LogP contribution in [0.3, 0.4) is 0 Å². The number of methoxy groups -OCH3 is 1. The molecule has 1 aliphatic rings. The van der Waals surface area contributed by atoms with Gasteiger partial charge in [0.15, 0.2) is 17.2 Å². The van der Waals surface area contributed by atoms with Crippen molar-refractivity contribution in [3.63, 3.8) is 0 Å². The summed E-state index contributed by atoms with van der Waals surface area (Å²) >= 11 is 5.82. The fourth-order valence-electron chi connectivity index (χ4n) is 2.57. The van der Waals surface area contributed by atoms with Gasteiger partial charge in [-0.3, -0.25) is 10.1 Å². The van der Waals surface area contributed by atoms with E-state index in [4.69, 9.17) is 25.8 Å². The highest BCUT2D eigenvalue weighted by molar-refractivity contribution is 6.32. The van der Waals surface area contributed by atoms with Crippen LogP contribution >= 0.6 is 11.6 Å². The predicted molar refractivity (Wildman–Crippen MR) is 112 cm³/mol. The number of esters is 1. The van der Waals surface area contributed by atoms with E-state index in [0.717, 1.165) is 5.57 Å². The molecule has 0 saturated heterocycles. The number of hydrogen-bond acceptors (Lipinski definition) is 7. The third kappa shape index (κ3) is 4.66. The first-order chi connectivity index (χ1) is 14.3. The van der Waals surface area contributed by atoms with E-state index in [1.807, 2.05) is 6.92 Å². The topological polar surface area (TPSA) is 100 Å². The Labute approximate surface area is 177 Å². The number of aliphatic imine (C=N–C) groups is 1. The molecule has 0 aromatic heterocycles. The largest absolute Gasteiger partial charge is 0.493 e. The van der Waals surface area contributed by atoms with Gasteiger partial charge in [0.1, 0.15) is 11.6 Å². The number of rotatable bonds is 7. The van der Waals surface area contributed by atoms with Crippen LogP contribution in [0.4, 0.5) is 5.69 Å². The molecule has 2 aromatic carbocycles. The molecule has 9 heteroatoms. The maximum Gasteiger partial charge on any atom is 0.363 e. The minimum absolute atomic E-state index is 0.0232. The summed E-state index contributed by atoms with van der Waals surface area (Å²) in [5, 5.41) is 11.0. The summed E-state index contributed by atoms with van der Waals surface area (Å²) in [5.41, 5.74) is 1.47. The number of cyclic esters (lactones) is 1. The molecule has 0 bridgehead atoms.